The summed E-state index contributed by atoms with van der Waals surface area (Å²) in [5.74, 6) is 0.845. The van der Waals surface area contributed by atoms with Crippen molar-refractivity contribution in [3.63, 3.8) is 0 Å². The Morgan fingerprint density at radius 3 is 2.63 bits per heavy atom. The SMILES string of the molecule is C=CCN1CCCC2c3cccc(NS(=O)(=O)c4ccc(C(C)C)cc4)c3CCC21. The Balaban J connectivity index is 1.61. The van der Waals surface area contributed by atoms with Crippen LogP contribution in [0.4, 0.5) is 5.69 Å². The second-order valence-electron chi connectivity index (χ2n) is 8.84. The van der Waals surface area contributed by atoms with Crippen LogP contribution in [0.2, 0.25) is 0 Å². The zero-order valence-corrected chi connectivity index (χ0v) is 18.8. The normalized spacial score (nSPS) is 21.7. The minimum Gasteiger partial charge on any atom is -0.296 e. The van der Waals surface area contributed by atoms with E-state index in [1.165, 1.54) is 17.5 Å². The van der Waals surface area contributed by atoms with Gasteiger partial charge in [0.25, 0.3) is 10.0 Å². The maximum Gasteiger partial charge on any atom is 0.261 e. The lowest BCUT2D eigenvalue weighted by molar-refractivity contribution is 0.126. The molecule has 0 saturated carbocycles. The van der Waals surface area contributed by atoms with Gasteiger partial charge in [0.15, 0.2) is 0 Å². The number of piperidine rings is 1. The number of nitrogens with one attached hydrogen (secondary N) is 1. The summed E-state index contributed by atoms with van der Waals surface area (Å²) in [6.45, 7) is 10.2. The van der Waals surface area contributed by atoms with E-state index in [-0.39, 0.29) is 0 Å². The molecular formula is C25H32N2O2S. The number of fused-ring (bicyclic) bond motifs is 3. The highest BCUT2D eigenvalue weighted by Gasteiger charge is 2.36. The first-order valence-corrected chi connectivity index (χ1v) is 12.5. The van der Waals surface area contributed by atoms with Gasteiger partial charge in [0.1, 0.15) is 0 Å². The first-order chi connectivity index (χ1) is 14.4. The van der Waals surface area contributed by atoms with Gasteiger partial charge in [-0.25, -0.2) is 8.42 Å². The molecule has 0 spiro atoms. The molecule has 1 aliphatic heterocycles. The van der Waals surface area contributed by atoms with Gasteiger partial charge in [-0.3, -0.25) is 9.62 Å². The number of nitrogens with zero attached hydrogens (tertiary/aromatic N) is 1. The summed E-state index contributed by atoms with van der Waals surface area (Å²) < 4.78 is 29.0. The van der Waals surface area contributed by atoms with Gasteiger partial charge in [-0.15, -0.1) is 6.58 Å². The molecule has 0 bridgehead atoms. The van der Waals surface area contributed by atoms with Crippen molar-refractivity contribution in [1.29, 1.82) is 0 Å². The average Bonchev–Trinajstić information content (AvgIpc) is 2.74. The van der Waals surface area contributed by atoms with Gasteiger partial charge >= 0.3 is 0 Å². The average molecular weight is 425 g/mol. The van der Waals surface area contributed by atoms with Crippen molar-refractivity contribution in [2.75, 3.05) is 17.8 Å². The molecule has 1 N–H and O–H groups in total. The molecule has 1 saturated heterocycles. The van der Waals surface area contributed by atoms with Crippen molar-refractivity contribution >= 4 is 15.7 Å². The van der Waals surface area contributed by atoms with Gasteiger partial charge < -0.3 is 0 Å². The van der Waals surface area contributed by atoms with Crippen LogP contribution >= 0.6 is 0 Å². The third-order valence-corrected chi connectivity index (χ3v) is 8.04. The molecule has 4 rings (SSSR count). The van der Waals surface area contributed by atoms with Crippen LogP contribution in [0.1, 0.15) is 61.6 Å². The number of anilines is 1. The summed E-state index contributed by atoms with van der Waals surface area (Å²) in [4.78, 5) is 2.85. The molecule has 5 heteroatoms. The molecule has 2 aliphatic rings. The van der Waals surface area contributed by atoms with Gasteiger partial charge in [-0.05, 0) is 79.0 Å². The predicted molar refractivity (Wildman–Crippen MR) is 124 cm³/mol. The van der Waals surface area contributed by atoms with Crippen LogP contribution in [-0.2, 0) is 16.4 Å². The lowest BCUT2D eigenvalue weighted by Gasteiger charge is -2.45. The zero-order valence-electron chi connectivity index (χ0n) is 18.0. The van der Waals surface area contributed by atoms with E-state index >= 15 is 0 Å². The largest absolute Gasteiger partial charge is 0.296 e. The fraction of sp³-hybridized carbons (Fsp3) is 0.440. The summed E-state index contributed by atoms with van der Waals surface area (Å²) >= 11 is 0. The fourth-order valence-electron chi connectivity index (χ4n) is 5.12. The van der Waals surface area contributed by atoms with Crippen LogP contribution < -0.4 is 4.72 Å². The van der Waals surface area contributed by atoms with Crippen molar-refractivity contribution in [2.24, 2.45) is 0 Å². The highest BCUT2D eigenvalue weighted by molar-refractivity contribution is 7.92. The molecule has 0 radical (unpaired) electrons. The van der Waals surface area contributed by atoms with Gasteiger partial charge in [0.2, 0.25) is 0 Å². The number of hydrogen-bond donors (Lipinski definition) is 1. The minimum absolute atomic E-state index is 0.313. The van der Waals surface area contributed by atoms with Crippen LogP contribution in [0, 0.1) is 0 Å². The van der Waals surface area contributed by atoms with E-state index in [1.807, 2.05) is 30.3 Å². The highest BCUT2D eigenvalue weighted by Crippen LogP contribution is 2.43. The highest BCUT2D eigenvalue weighted by atomic mass is 32.2. The quantitative estimate of drug-likeness (QED) is 0.641. The molecule has 0 aromatic heterocycles. The maximum atomic E-state index is 13.1. The van der Waals surface area contributed by atoms with E-state index in [0.29, 0.717) is 22.8 Å². The first kappa shape index (κ1) is 21.1. The lowest BCUT2D eigenvalue weighted by Crippen LogP contribution is -2.46. The van der Waals surface area contributed by atoms with Crippen LogP contribution in [0.15, 0.2) is 60.0 Å². The summed E-state index contributed by atoms with van der Waals surface area (Å²) in [7, 11) is -3.61. The number of sulfonamides is 1. The Bertz CT molecular complexity index is 1010. The van der Waals surface area contributed by atoms with Crippen molar-refractivity contribution in [1.82, 2.24) is 4.90 Å². The zero-order chi connectivity index (χ0) is 21.3. The van der Waals surface area contributed by atoms with E-state index in [2.05, 4.69) is 36.1 Å². The Kier molecular flexibility index (Phi) is 6.03. The third kappa shape index (κ3) is 4.06. The van der Waals surface area contributed by atoms with Crippen molar-refractivity contribution in [3.8, 4) is 0 Å². The van der Waals surface area contributed by atoms with Crippen molar-refractivity contribution in [3.05, 3.63) is 71.8 Å². The van der Waals surface area contributed by atoms with Crippen LogP contribution in [0.5, 0.6) is 0 Å². The fourth-order valence-corrected chi connectivity index (χ4v) is 6.21. The molecule has 1 fully saturated rings. The monoisotopic (exact) mass is 424 g/mol. The molecular weight excluding hydrogens is 392 g/mol. The van der Waals surface area contributed by atoms with Crippen LogP contribution in [0.3, 0.4) is 0 Å². The van der Waals surface area contributed by atoms with E-state index < -0.39 is 10.0 Å². The number of likely N-dealkylation sites (tertiary alicyclic amines) is 1. The molecule has 160 valence electrons. The van der Waals surface area contributed by atoms with Gasteiger partial charge in [-0.1, -0.05) is 44.2 Å². The molecule has 2 unspecified atom stereocenters. The van der Waals surface area contributed by atoms with Crippen molar-refractivity contribution < 1.29 is 8.42 Å². The van der Waals surface area contributed by atoms with Crippen LogP contribution in [-0.4, -0.2) is 32.4 Å². The summed E-state index contributed by atoms with van der Waals surface area (Å²) in [6.07, 6.45) is 6.29. The van der Waals surface area contributed by atoms with E-state index in [4.69, 9.17) is 0 Å². The molecule has 2 aromatic rings. The molecule has 1 aliphatic carbocycles. The van der Waals surface area contributed by atoms with E-state index in [9.17, 15) is 8.42 Å². The van der Waals surface area contributed by atoms with Gasteiger partial charge in [-0.2, -0.15) is 0 Å². The molecule has 0 amide bonds. The van der Waals surface area contributed by atoms with E-state index in [0.717, 1.165) is 43.6 Å². The Morgan fingerprint density at radius 2 is 1.93 bits per heavy atom. The smallest absolute Gasteiger partial charge is 0.261 e. The molecule has 4 nitrogen and oxygen atoms in total. The number of hydrogen-bond acceptors (Lipinski definition) is 3. The molecule has 2 aromatic carbocycles. The Morgan fingerprint density at radius 1 is 1.17 bits per heavy atom. The maximum absolute atomic E-state index is 13.1. The second-order valence-corrected chi connectivity index (χ2v) is 10.5. The minimum atomic E-state index is -3.61. The predicted octanol–water partition coefficient (Wildman–Crippen LogP) is 5.29. The summed E-state index contributed by atoms with van der Waals surface area (Å²) in [6, 6.07) is 13.8. The number of benzene rings is 2. The molecule has 30 heavy (non-hydrogen) atoms. The second kappa shape index (κ2) is 8.56. The van der Waals surface area contributed by atoms with Gasteiger partial charge in [0.05, 0.1) is 10.6 Å². The summed E-state index contributed by atoms with van der Waals surface area (Å²) in [5, 5.41) is 0. The Labute approximate surface area is 181 Å². The summed E-state index contributed by atoms with van der Waals surface area (Å²) in [5.41, 5.74) is 4.36. The Hall–Kier alpha value is -2.11. The van der Waals surface area contributed by atoms with Crippen molar-refractivity contribution in [2.45, 2.75) is 62.3 Å². The topological polar surface area (TPSA) is 49.4 Å². The van der Waals surface area contributed by atoms with E-state index in [1.54, 1.807) is 12.1 Å². The first-order valence-electron chi connectivity index (χ1n) is 11.0. The van der Waals surface area contributed by atoms with Crippen LogP contribution in [0.25, 0.3) is 0 Å². The number of rotatable bonds is 6. The molecule has 2 atom stereocenters. The standard InChI is InChI=1S/C25H32N2O2S/c1-4-16-27-17-6-8-23-21-7-5-9-24(22(21)14-15-25(23)27)26-30(28,29)20-12-10-19(11-13-20)18(2)3/h4-5,7,9-13,18,23,25-26H,1,6,8,14-17H2,2-3H3. The lowest BCUT2D eigenvalue weighted by atomic mass is 9.74. The third-order valence-electron chi connectivity index (χ3n) is 6.66. The van der Waals surface area contributed by atoms with Gasteiger partial charge in [0, 0.05) is 12.6 Å². The molecule has 1 heterocycles.